The molecule has 190 valence electrons. The Kier molecular flexibility index (Phi) is 11.4. The minimum atomic E-state index is -1.53. The van der Waals surface area contributed by atoms with Gasteiger partial charge in [-0.25, -0.2) is 0 Å². The smallest absolute Gasteiger partial charge is 0.303 e. The van der Waals surface area contributed by atoms with Gasteiger partial charge in [-0.15, -0.1) is 0 Å². The molecule has 2 aliphatic rings. The highest BCUT2D eigenvalue weighted by Crippen LogP contribution is 2.35. The normalized spacial score (nSPS) is 35.9. The topological polar surface area (TPSA) is 174 Å². The molecule has 2 rings (SSSR count). The summed E-state index contributed by atoms with van der Waals surface area (Å²) < 4.78 is 11.1. The summed E-state index contributed by atoms with van der Waals surface area (Å²) in [5.74, 6) is -1.50. The Morgan fingerprint density at radius 3 is 2.45 bits per heavy atom. The van der Waals surface area contributed by atoms with Crippen molar-refractivity contribution in [3.8, 4) is 0 Å². The van der Waals surface area contributed by atoms with Gasteiger partial charge in [-0.2, -0.15) is 0 Å². The molecule has 10 nitrogen and oxygen atoms in total. The zero-order valence-electron chi connectivity index (χ0n) is 19.0. The molecule has 0 bridgehead atoms. The predicted octanol–water partition coefficient (Wildman–Crippen LogP) is 0.129. The van der Waals surface area contributed by atoms with Crippen LogP contribution >= 0.6 is 0 Å². The minimum Gasteiger partial charge on any atom is -0.481 e. The molecule has 5 unspecified atom stereocenters. The van der Waals surface area contributed by atoms with Gasteiger partial charge in [0.2, 0.25) is 0 Å². The number of ether oxygens (including phenoxy) is 2. The zero-order valence-corrected chi connectivity index (χ0v) is 19.0. The fourth-order valence-electron chi connectivity index (χ4n) is 4.47. The Morgan fingerprint density at radius 2 is 1.82 bits per heavy atom. The van der Waals surface area contributed by atoms with Crippen LogP contribution in [0.15, 0.2) is 12.2 Å². The van der Waals surface area contributed by atoms with Crippen LogP contribution < -0.4 is 0 Å². The van der Waals surface area contributed by atoms with Gasteiger partial charge in [0, 0.05) is 24.7 Å². The highest BCUT2D eigenvalue weighted by molar-refractivity contribution is 5.84. The number of aliphatic hydroxyl groups is 5. The number of unbranched alkanes of at least 4 members (excludes halogenated alkanes) is 3. The van der Waals surface area contributed by atoms with Gasteiger partial charge < -0.3 is 40.1 Å². The van der Waals surface area contributed by atoms with Crippen LogP contribution in [-0.4, -0.2) is 91.9 Å². The first-order valence-electron chi connectivity index (χ1n) is 11.8. The Hall–Kier alpha value is -1.40. The molecule has 33 heavy (non-hydrogen) atoms. The monoisotopic (exact) mass is 474 g/mol. The molecule has 1 heterocycles. The lowest BCUT2D eigenvalue weighted by atomic mass is 9.88. The van der Waals surface area contributed by atoms with Crippen LogP contribution in [0.2, 0.25) is 0 Å². The fraction of sp³-hybridized carbons (Fsp3) is 0.826. The summed E-state index contributed by atoms with van der Waals surface area (Å²) in [6.45, 7) is 1.29. The third kappa shape index (κ3) is 7.81. The third-order valence-electron chi connectivity index (χ3n) is 6.50. The van der Waals surface area contributed by atoms with E-state index >= 15 is 0 Å². The number of hydrogen-bond acceptors (Lipinski definition) is 9. The summed E-state index contributed by atoms with van der Waals surface area (Å²) in [6, 6.07) is 0. The first-order chi connectivity index (χ1) is 15.7. The van der Waals surface area contributed by atoms with E-state index in [0.29, 0.717) is 19.3 Å². The van der Waals surface area contributed by atoms with Gasteiger partial charge in [-0.05, 0) is 19.3 Å². The van der Waals surface area contributed by atoms with E-state index in [1.54, 1.807) is 12.2 Å². The first-order valence-corrected chi connectivity index (χ1v) is 11.8. The summed E-state index contributed by atoms with van der Waals surface area (Å²) in [5, 5.41) is 58.4. The van der Waals surface area contributed by atoms with Crippen molar-refractivity contribution in [3.63, 3.8) is 0 Å². The van der Waals surface area contributed by atoms with Crippen molar-refractivity contribution in [3.05, 3.63) is 12.2 Å². The summed E-state index contributed by atoms with van der Waals surface area (Å²) >= 11 is 0. The Balaban J connectivity index is 1.93. The van der Waals surface area contributed by atoms with E-state index in [-0.39, 0.29) is 30.5 Å². The third-order valence-corrected chi connectivity index (χ3v) is 6.50. The van der Waals surface area contributed by atoms with Crippen LogP contribution in [-0.2, 0) is 19.1 Å². The second-order valence-corrected chi connectivity index (χ2v) is 8.93. The van der Waals surface area contributed by atoms with Crippen molar-refractivity contribution >= 4 is 11.8 Å². The molecule has 10 heteroatoms. The predicted molar refractivity (Wildman–Crippen MR) is 116 cm³/mol. The van der Waals surface area contributed by atoms with E-state index in [1.165, 1.54) is 0 Å². The van der Waals surface area contributed by atoms with Crippen molar-refractivity contribution in [1.82, 2.24) is 0 Å². The van der Waals surface area contributed by atoms with Crippen LogP contribution in [0.1, 0.15) is 58.3 Å². The lowest BCUT2D eigenvalue weighted by molar-refractivity contribution is -0.307. The number of aliphatic hydroxyl groups excluding tert-OH is 5. The maximum atomic E-state index is 12.4. The molecule has 1 saturated heterocycles. The molecular formula is C23H38O10. The Labute approximate surface area is 193 Å². The number of carbonyl (C=O) groups excluding carboxylic acids is 1. The number of aliphatic carboxylic acids is 1. The van der Waals surface area contributed by atoms with Gasteiger partial charge in [0.05, 0.1) is 18.8 Å². The molecule has 0 amide bonds. The average Bonchev–Trinajstić information content (AvgIpc) is 3.05. The molecular weight excluding hydrogens is 436 g/mol. The van der Waals surface area contributed by atoms with Crippen molar-refractivity contribution in [2.45, 2.75) is 101 Å². The van der Waals surface area contributed by atoms with Crippen LogP contribution in [0.5, 0.6) is 0 Å². The van der Waals surface area contributed by atoms with Gasteiger partial charge in [-0.1, -0.05) is 38.3 Å². The number of ketones is 1. The maximum absolute atomic E-state index is 12.4. The van der Waals surface area contributed by atoms with Gasteiger partial charge in [-0.3, -0.25) is 9.59 Å². The molecule has 6 N–H and O–H groups in total. The zero-order chi connectivity index (χ0) is 24.5. The van der Waals surface area contributed by atoms with Gasteiger partial charge in [0.25, 0.3) is 0 Å². The lowest BCUT2D eigenvalue weighted by Gasteiger charge is -2.40. The second-order valence-electron chi connectivity index (χ2n) is 8.93. The van der Waals surface area contributed by atoms with Crippen molar-refractivity contribution in [2.24, 2.45) is 11.8 Å². The Morgan fingerprint density at radius 1 is 1.12 bits per heavy atom. The standard InChI is InChI=1S/C23H38O10/c1-2-13(32-23-22(31)21(30)20(29)18(12-24)33-23)9-10-15-14(16(25)11-17(15)26)7-5-3-4-6-8-19(27)28/h9-10,13-15,17-18,20-24,26,29-31H,2-8,11-12H2,1H3,(H,27,28)/b10-9+/t13?,14?,15?,17?,18-,20-,21+,22-,23?/m1/s1. The Bertz CT molecular complexity index is 651. The van der Waals surface area contributed by atoms with Gasteiger partial charge in [0.1, 0.15) is 30.2 Å². The largest absolute Gasteiger partial charge is 0.481 e. The molecule has 1 aliphatic carbocycles. The van der Waals surface area contributed by atoms with Crippen molar-refractivity contribution in [1.29, 1.82) is 0 Å². The molecule has 0 spiro atoms. The maximum Gasteiger partial charge on any atom is 0.303 e. The van der Waals surface area contributed by atoms with Crippen molar-refractivity contribution < 1.29 is 49.7 Å². The fourth-order valence-corrected chi connectivity index (χ4v) is 4.47. The molecule has 2 fully saturated rings. The average molecular weight is 475 g/mol. The summed E-state index contributed by atoms with van der Waals surface area (Å²) in [6.07, 6.45) is -0.420. The highest BCUT2D eigenvalue weighted by atomic mass is 16.7. The molecule has 9 atom stereocenters. The first kappa shape index (κ1) is 27.8. The van der Waals surface area contributed by atoms with Crippen molar-refractivity contribution in [2.75, 3.05) is 6.61 Å². The van der Waals surface area contributed by atoms with Gasteiger partial charge >= 0.3 is 5.97 Å². The second kappa shape index (κ2) is 13.5. The summed E-state index contributed by atoms with van der Waals surface area (Å²) in [4.78, 5) is 23.0. The number of hydrogen-bond donors (Lipinski definition) is 6. The molecule has 0 radical (unpaired) electrons. The van der Waals surface area contributed by atoms with E-state index in [9.17, 15) is 35.1 Å². The van der Waals surface area contributed by atoms with Crippen LogP contribution in [0.3, 0.4) is 0 Å². The van der Waals surface area contributed by atoms with Crippen LogP contribution in [0.25, 0.3) is 0 Å². The van der Waals surface area contributed by atoms with E-state index < -0.39 is 55.5 Å². The van der Waals surface area contributed by atoms with E-state index in [0.717, 1.165) is 19.3 Å². The van der Waals surface area contributed by atoms with Gasteiger partial charge in [0.15, 0.2) is 6.29 Å². The quantitative estimate of drug-likeness (QED) is 0.159. The van der Waals surface area contributed by atoms with E-state index in [4.69, 9.17) is 14.6 Å². The number of carboxylic acids is 1. The number of carboxylic acid groups (broad SMARTS) is 1. The minimum absolute atomic E-state index is 0.00517. The summed E-state index contributed by atoms with van der Waals surface area (Å²) in [5.41, 5.74) is 0. The molecule has 0 aromatic carbocycles. The number of carbonyl (C=O) groups is 2. The van der Waals surface area contributed by atoms with Crippen LogP contribution in [0.4, 0.5) is 0 Å². The van der Waals surface area contributed by atoms with E-state index in [2.05, 4.69) is 0 Å². The van der Waals surface area contributed by atoms with Crippen LogP contribution in [0, 0.1) is 11.8 Å². The molecule has 1 saturated carbocycles. The molecule has 1 aliphatic heterocycles. The summed E-state index contributed by atoms with van der Waals surface area (Å²) in [7, 11) is 0. The molecule has 0 aromatic heterocycles. The number of Topliss-reactive ketones (excluding diaryl/α,β-unsaturated/α-hetero) is 1. The van der Waals surface area contributed by atoms with E-state index in [1.807, 2.05) is 6.92 Å². The molecule has 0 aromatic rings. The highest BCUT2D eigenvalue weighted by Gasteiger charge is 2.45. The lowest BCUT2D eigenvalue weighted by Crippen LogP contribution is -2.59. The number of rotatable bonds is 13. The SMILES string of the molecule is CCC(/C=C/C1C(O)CC(=O)C1CCCCCCC(=O)O)OC1O[C@H](CO)[C@@H](O)[C@H](O)[C@H]1O.